The van der Waals surface area contributed by atoms with E-state index in [0.29, 0.717) is 28.3 Å². The topological polar surface area (TPSA) is 92.1 Å². The van der Waals surface area contributed by atoms with Crippen molar-refractivity contribution in [3.8, 4) is 11.3 Å². The number of nitrogens with zero attached hydrogens (tertiary/aromatic N) is 3. The van der Waals surface area contributed by atoms with Gasteiger partial charge in [-0.3, -0.25) is 9.82 Å². The van der Waals surface area contributed by atoms with E-state index in [2.05, 4.69) is 19.9 Å². The number of benzene rings is 1. The predicted octanol–water partition coefficient (Wildman–Crippen LogP) is 3.14. The van der Waals surface area contributed by atoms with E-state index >= 15 is 0 Å². The molecule has 0 saturated carbocycles. The van der Waals surface area contributed by atoms with Gasteiger partial charge in [-0.15, -0.1) is 0 Å². The van der Waals surface area contributed by atoms with E-state index < -0.39 is 10.0 Å². The molecule has 3 aromatic heterocycles. The number of aromatic nitrogens is 4. The van der Waals surface area contributed by atoms with Crippen LogP contribution in [-0.4, -0.2) is 28.0 Å². The van der Waals surface area contributed by atoms with Crippen LogP contribution in [0.3, 0.4) is 0 Å². The van der Waals surface area contributed by atoms with Crippen LogP contribution in [0.5, 0.6) is 0 Å². The van der Waals surface area contributed by atoms with E-state index in [1.807, 2.05) is 47.1 Å². The molecule has 0 unspecified atom stereocenters. The molecule has 0 aliphatic rings. The van der Waals surface area contributed by atoms with Gasteiger partial charge >= 0.3 is 0 Å². The van der Waals surface area contributed by atoms with Crippen molar-refractivity contribution in [2.45, 2.75) is 18.7 Å². The van der Waals surface area contributed by atoms with E-state index in [4.69, 9.17) is 0 Å². The van der Waals surface area contributed by atoms with Gasteiger partial charge in [0.25, 0.3) is 10.0 Å². The van der Waals surface area contributed by atoms with E-state index in [-0.39, 0.29) is 4.90 Å². The maximum absolute atomic E-state index is 12.9. The molecule has 3 heterocycles. The van der Waals surface area contributed by atoms with Crippen LogP contribution in [-0.2, 0) is 10.0 Å². The van der Waals surface area contributed by atoms with E-state index in [1.54, 1.807) is 26.0 Å². The fourth-order valence-electron chi connectivity index (χ4n) is 2.99. The molecule has 0 aliphatic heterocycles. The average Bonchev–Trinajstić information content (AvgIpc) is 3.18. The number of hydrogen-bond acceptors (Lipinski definition) is 4. The Hall–Kier alpha value is -3.13. The van der Waals surface area contributed by atoms with E-state index in [0.717, 1.165) is 5.65 Å². The number of nitrogens with one attached hydrogen (secondary N) is 2. The minimum absolute atomic E-state index is 0.169. The van der Waals surface area contributed by atoms with Crippen LogP contribution >= 0.6 is 0 Å². The number of H-pyrrole nitrogens is 1. The van der Waals surface area contributed by atoms with Crippen molar-refractivity contribution in [2.75, 3.05) is 4.72 Å². The maximum Gasteiger partial charge on any atom is 0.265 e. The molecule has 0 amide bonds. The summed E-state index contributed by atoms with van der Waals surface area (Å²) < 4.78 is 30.3. The third kappa shape index (κ3) is 2.74. The van der Waals surface area contributed by atoms with Gasteiger partial charge in [-0.2, -0.15) is 5.10 Å². The highest BCUT2D eigenvalue weighted by Crippen LogP contribution is 2.30. The van der Waals surface area contributed by atoms with E-state index in [9.17, 15) is 8.42 Å². The monoisotopic (exact) mass is 367 g/mol. The first-order valence-electron chi connectivity index (χ1n) is 8.03. The lowest BCUT2D eigenvalue weighted by atomic mass is 10.1. The van der Waals surface area contributed by atoms with Crippen molar-refractivity contribution in [3.05, 3.63) is 66.2 Å². The molecule has 7 nitrogen and oxygen atoms in total. The highest BCUT2D eigenvalue weighted by molar-refractivity contribution is 7.92. The normalized spacial score (nSPS) is 11.8. The number of sulfonamides is 1. The van der Waals surface area contributed by atoms with Gasteiger partial charge in [-0.25, -0.2) is 13.4 Å². The SMILES string of the molecule is Cc1n[nH]c(C)c1S(=O)(=O)Nc1ccccc1-c1cn2ccccc2n1. The molecular formula is C18H17N5O2S. The summed E-state index contributed by atoms with van der Waals surface area (Å²) in [4.78, 5) is 4.75. The Labute approximate surface area is 150 Å². The Morgan fingerprint density at radius 1 is 1.08 bits per heavy atom. The number of para-hydroxylation sites is 1. The fourth-order valence-corrected chi connectivity index (χ4v) is 4.45. The Kier molecular flexibility index (Phi) is 3.77. The van der Waals surface area contributed by atoms with Crippen LogP contribution in [0.1, 0.15) is 11.4 Å². The van der Waals surface area contributed by atoms with Crippen molar-refractivity contribution < 1.29 is 8.42 Å². The molecule has 26 heavy (non-hydrogen) atoms. The number of hydrogen-bond donors (Lipinski definition) is 2. The molecular weight excluding hydrogens is 350 g/mol. The minimum Gasteiger partial charge on any atom is -0.306 e. The van der Waals surface area contributed by atoms with Crippen LogP contribution in [0.2, 0.25) is 0 Å². The van der Waals surface area contributed by atoms with Crippen LogP contribution in [0.4, 0.5) is 5.69 Å². The van der Waals surface area contributed by atoms with Crippen LogP contribution in [0.25, 0.3) is 16.9 Å². The molecule has 4 aromatic rings. The Bertz CT molecular complexity index is 1150. The second-order valence-electron chi connectivity index (χ2n) is 6.01. The molecule has 8 heteroatoms. The summed E-state index contributed by atoms with van der Waals surface area (Å²) >= 11 is 0. The van der Waals surface area contributed by atoms with Gasteiger partial charge in [-0.1, -0.05) is 24.3 Å². The van der Waals surface area contributed by atoms with Gasteiger partial charge in [0.2, 0.25) is 0 Å². The zero-order chi connectivity index (χ0) is 18.3. The fraction of sp³-hybridized carbons (Fsp3) is 0.111. The first-order chi connectivity index (χ1) is 12.5. The molecule has 2 N–H and O–H groups in total. The molecule has 0 bridgehead atoms. The molecule has 0 atom stereocenters. The third-order valence-corrected chi connectivity index (χ3v) is 5.77. The summed E-state index contributed by atoms with van der Waals surface area (Å²) in [6.45, 7) is 3.34. The van der Waals surface area contributed by atoms with Crippen LogP contribution in [0, 0.1) is 13.8 Å². The molecule has 0 fully saturated rings. The molecule has 1 aromatic carbocycles. The second kappa shape index (κ2) is 5.99. The molecule has 132 valence electrons. The highest BCUT2D eigenvalue weighted by atomic mass is 32.2. The Balaban J connectivity index is 1.79. The lowest BCUT2D eigenvalue weighted by molar-refractivity contribution is 0.600. The Morgan fingerprint density at radius 2 is 1.85 bits per heavy atom. The van der Waals surface area contributed by atoms with Gasteiger partial charge in [0, 0.05) is 18.0 Å². The quantitative estimate of drug-likeness (QED) is 0.580. The summed E-state index contributed by atoms with van der Waals surface area (Å²) in [5.74, 6) is 0. The van der Waals surface area contributed by atoms with Crippen molar-refractivity contribution >= 4 is 21.4 Å². The standard InChI is InChI=1S/C18H17N5O2S/c1-12-18(13(2)21-20-12)26(24,25)22-15-8-4-3-7-14(15)16-11-23-10-6-5-9-17(23)19-16/h3-11,22H,1-2H3,(H,20,21). The van der Waals surface area contributed by atoms with Crippen molar-refractivity contribution in [1.29, 1.82) is 0 Å². The molecule has 0 spiro atoms. The Morgan fingerprint density at radius 3 is 2.58 bits per heavy atom. The van der Waals surface area contributed by atoms with Gasteiger partial charge in [0.15, 0.2) is 0 Å². The minimum atomic E-state index is -3.77. The van der Waals surface area contributed by atoms with Crippen LogP contribution in [0.15, 0.2) is 59.8 Å². The van der Waals surface area contributed by atoms with Gasteiger partial charge in [-0.05, 0) is 32.0 Å². The summed E-state index contributed by atoms with van der Waals surface area (Å²) in [7, 11) is -3.77. The number of aromatic amines is 1. The average molecular weight is 367 g/mol. The van der Waals surface area contributed by atoms with Gasteiger partial charge < -0.3 is 4.40 Å². The predicted molar refractivity (Wildman–Crippen MR) is 99.5 cm³/mol. The number of fused-ring (bicyclic) bond motifs is 1. The summed E-state index contributed by atoms with van der Waals surface area (Å²) in [5, 5.41) is 6.68. The zero-order valence-corrected chi connectivity index (χ0v) is 15.1. The lowest BCUT2D eigenvalue weighted by Crippen LogP contribution is -2.15. The molecule has 0 aliphatic carbocycles. The summed E-state index contributed by atoms with van der Waals surface area (Å²) in [5.41, 5.74) is 3.59. The summed E-state index contributed by atoms with van der Waals surface area (Å²) in [6, 6.07) is 12.9. The lowest BCUT2D eigenvalue weighted by Gasteiger charge is -2.11. The van der Waals surface area contributed by atoms with Crippen molar-refractivity contribution in [1.82, 2.24) is 19.6 Å². The summed E-state index contributed by atoms with van der Waals surface area (Å²) in [6.07, 6.45) is 3.77. The number of aryl methyl sites for hydroxylation is 2. The number of imidazole rings is 1. The first-order valence-corrected chi connectivity index (χ1v) is 9.51. The highest BCUT2D eigenvalue weighted by Gasteiger charge is 2.23. The largest absolute Gasteiger partial charge is 0.306 e. The molecule has 4 rings (SSSR count). The van der Waals surface area contributed by atoms with Crippen molar-refractivity contribution in [2.24, 2.45) is 0 Å². The first kappa shape index (κ1) is 16.3. The number of anilines is 1. The van der Waals surface area contributed by atoms with Crippen LogP contribution < -0.4 is 4.72 Å². The smallest absolute Gasteiger partial charge is 0.265 e. The number of pyridine rings is 1. The molecule has 0 radical (unpaired) electrons. The third-order valence-electron chi connectivity index (χ3n) is 4.14. The van der Waals surface area contributed by atoms with E-state index in [1.165, 1.54) is 0 Å². The maximum atomic E-state index is 12.9. The number of rotatable bonds is 4. The molecule has 0 saturated heterocycles. The zero-order valence-electron chi connectivity index (χ0n) is 14.3. The van der Waals surface area contributed by atoms with Gasteiger partial charge in [0.1, 0.15) is 10.5 Å². The van der Waals surface area contributed by atoms with Gasteiger partial charge in [0.05, 0.1) is 22.8 Å². The van der Waals surface area contributed by atoms with Crippen molar-refractivity contribution in [3.63, 3.8) is 0 Å². The second-order valence-corrected chi connectivity index (χ2v) is 7.63.